The molecule has 0 aliphatic carbocycles. The van der Waals surface area contributed by atoms with Crippen molar-refractivity contribution in [3.8, 4) is 0 Å². The van der Waals surface area contributed by atoms with Crippen molar-refractivity contribution in [2.75, 3.05) is 0 Å². The number of aliphatic hydroxyl groups excluding tert-OH is 1. The summed E-state index contributed by atoms with van der Waals surface area (Å²) in [5.74, 6) is -0.326. The molecular weight excluding hydrogens is 156 g/mol. The highest BCUT2D eigenvalue weighted by molar-refractivity contribution is 5.73. The highest BCUT2D eigenvalue weighted by Gasteiger charge is 2.00. The van der Waals surface area contributed by atoms with E-state index in [9.17, 15) is 4.79 Å². The Balaban J connectivity index is 2.56. The van der Waals surface area contributed by atoms with E-state index in [2.05, 4.69) is 0 Å². The molecule has 0 radical (unpaired) electrons. The smallest absolute Gasteiger partial charge is 0.219 e. The Bertz CT molecular complexity index is 268. The summed E-state index contributed by atoms with van der Waals surface area (Å²) in [7, 11) is 0. The maximum Gasteiger partial charge on any atom is 0.219 e. The predicted octanol–water partition coefficient (Wildman–Crippen LogP) is -0.144. The topological polar surface area (TPSA) is 68.2 Å². The monoisotopic (exact) mass is 168 g/mol. The number of carbonyl (C=O) groups is 1. The number of hydrogen-bond donors (Lipinski definition) is 2. The fourth-order valence-electron chi connectivity index (χ4n) is 1.04. The van der Waals surface area contributed by atoms with E-state index in [1.807, 2.05) is 16.8 Å². The van der Waals surface area contributed by atoms with E-state index in [-0.39, 0.29) is 12.5 Å². The second kappa shape index (κ2) is 3.92. The third-order valence-corrected chi connectivity index (χ3v) is 1.68. The summed E-state index contributed by atoms with van der Waals surface area (Å²) >= 11 is 0. The van der Waals surface area contributed by atoms with Crippen LogP contribution in [0.25, 0.3) is 0 Å². The Hall–Kier alpha value is -1.29. The second-order valence-corrected chi connectivity index (χ2v) is 2.57. The maximum absolute atomic E-state index is 10.4. The lowest BCUT2D eigenvalue weighted by molar-refractivity contribution is -0.118. The molecule has 0 aliphatic heterocycles. The number of rotatable bonds is 4. The van der Waals surface area contributed by atoms with E-state index < -0.39 is 0 Å². The van der Waals surface area contributed by atoms with Crippen LogP contribution in [0.1, 0.15) is 12.1 Å². The Morgan fingerprint density at radius 2 is 2.42 bits per heavy atom. The van der Waals surface area contributed by atoms with Gasteiger partial charge in [0.2, 0.25) is 5.91 Å². The van der Waals surface area contributed by atoms with Gasteiger partial charge >= 0.3 is 0 Å². The van der Waals surface area contributed by atoms with E-state index in [0.29, 0.717) is 13.0 Å². The molecule has 0 spiro atoms. The van der Waals surface area contributed by atoms with Crippen LogP contribution in [0.5, 0.6) is 0 Å². The van der Waals surface area contributed by atoms with Gasteiger partial charge in [0.15, 0.2) is 0 Å². The Morgan fingerprint density at radius 3 is 3.00 bits per heavy atom. The van der Waals surface area contributed by atoms with Crippen molar-refractivity contribution in [2.24, 2.45) is 5.73 Å². The van der Waals surface area contributed by atoms with Gasteiger partial charge in [0.1, 0.15) is 0 Å². The largest absolute Gasteiger partial charge is 0.390 e. The van der Waals surface area contributed by atoms with Gasteiger partial charge in [-0.25, -0.2) is 0 Å². The highest BCUT2D eigenvalue weighted by atomic mass is 16.3. The fourth-order valence-corrected chi connectivity index (χ4v) is 1.04. The normalized spacial score (nSPS) is 10.1. The molecule has 3 N–H and O–H groups in total. The molecule has 0 fully saturated rings. The second-order valence-electron chi connectivity index (χ2n) is 2.57. The Kier molecular flexibility index (Phi) is 2.88. The van der Waals surface area contributed by atoms with E-state index in [0.717, 1.165) is 5.69 Å². The Labute approximate surface area is 70.6 Å². The first-order valence-corrected chi connectivity index (χ1v) is 3.77. The first-order valence-electron chi connectivity index (χ1n) is 3.77. The summed E-state index contributed by atoms with van der Waals surface area (Å²) in [5.41, 5.74) is 5.79. The van der Waals surface area contributed by atoms with Crippen molar-refractivity contribution >= 4 is 5.91 Å². The minimum Gasteiger partial charge on any atom is -0.390 e. The number of aryl methyl sites for hydroxylation is 1. The molecule has 1 amide bonds. The van der Waals surface area contributed by atoms with Crippen molar-refractivity contribution < 1.29 is 9.90 Å². The molecule has 0 saturated carbocycles. The summed E-state index contributed by atoms with van der Waals surface area (Å²) in [5, 5.41) is 8.84. The number of nitrogens with zero attached hydrogens (tertiary/aromatic N) is 1. The Morgan fingerprint density at radius 1 is 1.67 bits per heavy atom. The maximum atomic E-state index is 10.4. The molecule has 12 heavy (non-hydrogen) atoms. The number of hydrogen-bond acceptors (Lipinski definition) is 2. The van der Waals surface area contributed by atoms with Gasteiger partial charge in [-0.3, -0.25) is 4.79 Å². The number of aromatic nitrogens is 1. The number of nitrogens with two attached hydrogens (primary N) is 1. The quantitative estimate of drug-likeness (QED) is 0.656. The minimum absolute atomic E-state index is 0.00817. The minimum atomic E-state index is -0.326. The van der Waals surface area contributed by atoms with E-state index in [1.165, 1.54) is 0 Å². The molecule has 4 nitrogen and oxygen atoms in total. The van der Waals surface area contributed by atoms with Crippen LogP contribution in [0.3, 0.4) is 0 Å². The molecule has 1 aromatic heterocycles. The summed E-state index contributed by atoms with van der Waals surface area (Å²) in [4.78, 5) is 10.4. The molecule has 0 unspecified atom stereocenters. The summed E-state index contributed by atoms with van der Waals surface area (Å²) in [6.07, 6.45) is 2.12. The van der Waals surface area contributed by atoms with Crippen LogP contribution in [-0.2, 0) is 17.9 Å². The lowest BCUT2D eigenvalue weighted by atomic mass is 10.4. The van der Waals surface area contributed by atoms with Gasteiger partial charge in [-0.2, -0.15) is 0 Å². The highest BCUT2D eigenvalue weighted by Crippen LogP contribution is 2.02. The standard InChI is InChI=1S/C8H12N2O2/c9-8(12)3-5-10-4-1-2-7(10)6-11/h1-2,4,11H,3,5-6H2,(H2,9,12). The average molecular weight is 168 g/mol. The predicted molar refractivity (Wildman–Crippen MR) is 44.2 cm³/mol. The molecule has 0 aliphatic rings. The van der Waals surface area contributed by atoms with Crippen LogP contribution >= 0.6 is 0 Å². The zero-order valence-electron chi connectivity index (χ0n) is 6.73. The lowest BCUT2D eigenvalue weighted by Crippen LogP contribution is -2.14. The van der Waals surface area contributed by atoms with Crippen LogP contribution in [0.2, 0.25) is 0 Å². The first-order chi connectivity index (χ1) is 5.74. The van der Waals surface area contributed by atoms with Crippen LogP contribution in [0.15, 0.2) is 18.3 Å². The first kappa shape index (κ1) is 8.80. The summed E-state index contributed by atoms with van der Waals surface area (Å²) in [6, 6.07) is 3.63. The van der Waals surface area contributed by atoms with Crippen molar-refractivity contribution in [1.82, 2.24) is 4.57 Å². The van der Waals surface area contributed by atoms with Crippen LogP contribution in [0, 0.1) is 0 Å². The van der Waals surface area contributed by atoms with Crippen molar-refractivity contribution in [1.29, 1.82) is 0 Å². The molecule has 66 valence electrons. The zero-order valence-corrected chi connectivity index (χ0v) is 6.73. The van der Waals surface area contributed by atoms with Crippen LogP contribution in [0.4, 0.5) is 0 Å². The van der Waals surface area contributed by atoms with E-state index in [4.69, 9.17) is 10.8 Å². The molecule has 1 rings (SSSR count). The van der Waals surface area contributed by atoms with Crippen molar-refractivity contribution in [2.45, 2.75) is 19.6 Å². The molecule has 0 atom stereocenters. The lowest BCUT2D eigenvalue weighted by Gasteiger charge is -2.04. The van der Waals surface area contributed by atoms with Crippen LogP contribution in [-0.4, -0.2) is 15.6 Å². The zero-order chi connectivity index (χ0) is 8.97. The van der Waals surface area contributed by atoms with Gasteiger partial charge in [-0.1, -0.05) is 0 Å². The molecule has 4 heteroatoms. The fraction of sp³-hybridized carbons (Fsp3) is 0.375. The van der Waals surface area contributed by atoms with Gasteiger partial charge < -0.3 is 15.4 Å². The number of primary amides is 1. The average Bonchev–Trinajstić information content (AvgIpc) is 2.47. The van der Waals surface area contributed by atoms with Gasteiger partial charge in [0, 0.05) is 24.9 Å². The molecule has 1 heterocycles. The number of aliphatic hydroxyl groups is 1. The van der Waals surface area contributed by atoms with Gasteiger partial charge in [0.25, 0.3) is 0 Å². The third kappa shape index (κ3) is 2.10. The van der Waals surface area contributed by atoms with Gasteiger partial charge in [0.05, 0.1) is 6.61 Å². The molecular formula is C8H12N2O2. The SMILES string of the molecule is NC(=O)CCn1cccc1CO. The summed E-state index contributed by atoms with van der Waals surface area (Å²) in [6.45, 7) is 0.532. The number of carbonyl (C=O) groups excluding carboxylic acids is 1. The molecule has 0 aromatic carbocycles. The van der Waals surface area contributed by atoms with Crippen LogP contribution < -0.4 is 5.73 Å². The number of amides is 1. The molecule has 1 aromatic rings. The van der Waals surface area contributed by atoms with E-state index >= 15 is 0 Å². The molecule has 0 bridgehead atoms. The summed E-state index contributed by atoms with van der Waals surface area (Å²) < 4.78 is 1.81. The van der Waals surface area contributed by atoms with Gasteiger partial charge in [-0.15, -0.1) is 0 Å². The third-order valence-electron chi connectivity index (χ3n) is 1.68. The van der Waals surface area contributed by atoms with Crippen molar-refractivity contribution in [3.05, 3.63) is 24.0 Å². The molecule has 0 saturated heterocycles. The van der Waals surface area contributed by atoms with Crippen molar-refractivity contribution in [3.63, 3.8) is 0 Å². The van der Waals surface area contributed by atoms with E-state index in [1.54, 1.807) is 6.07 Å². The van der Waals surface area contributed by atoms with Gasteiger partial charge in [-0.05, 0) is 12.1 Å².